The molecule has 1 aliphatic heterocycles. The number of carbonyl (C=O) groups is 1. The van der Waals surface area contributed by atoms with Crippen molar-refractivity contribution in [2.75, 3.05) is 33.0 Å². The lowest BCUT2D eigenvalue weighted by molar-refractivity contribution is 0.0288. The van der Waals surface area contributed by atoms with Crippen LogP contribution in [-0.2, 0) is 4.74 Å². The summed E-state index contributed by atoms with van der Waals surface area (Å²) in [5, 5.41) is 5.18. The maximum absolute atomic E-state index is 14.8. The molecule has 1 atom stereocenters. The van der Waals surface area contributed by atoms with Gasteiger partial charge in [-0.05, 0) is 33.1 Å². The minimum Gasteiger partial charge on any atom is -0.493 e. The number of pyridine rings is 1. The number of nitrogens with zero attached hydrogens (tertiary/aromatic N) is 4. The van der Waals surface area contributed by atoms with Crippen molar-refractivity contribution in [1.82, 2.24) is 19.7 Å². The number of likely N-dealkylation sites (tertiary alicyclic amines) is 1. The van der Waals surface area contributed by atoms with E-state index in [0.717, 1.165) is 6.07 Å². The quantitative estimate of drug-likeness (QED) is 0.493. The summed E-state index contributed by atoms with van der Waals surface area (Å²) < 4.78 is 46.7. The molecule has 1 fully saturated rings. The molecule has 4 rings (SSSR count). The highest BCUT2D eigenvalue weighted by Crippen LogP contribution is 2.35. The zero-order valence-electron chi connectivity index (χ0n) is 21.0. The Morgan fingerprint density at radius 3 is 2.43 bits per heavy atom. The van der Waals surface area contributed by atoms with Crippen LogP contribution in [0.5, 0.6) is 11.5 Å². The Morgan fingerprint density at radius 2 is 1.84 bits per heavy atom. The van der Waals surface area contributed by atoms with E-state index in [-0.39, 0.29) is 34.1 Å². The van der Waals surface area contributed by atoms with Crippen molar-refractivity contribution in [3.8, 4) is 23.3 Å². The highest BCUT2D eigenvalue weighted by molar-refractivity contribution is 6.35. The van der Waals surface area contributed by atoms with E-state index in [4.69, 9.17) is 31.5 Å². The number of nitrogens with two attached hydrogens (primary N) is 1. The molecule has 0 radical (unpaired) electrons. The molecule has 9 nitrogen and oxygen atoms in total. The maximum atomic E-state index is 14.8. The molecule has 1 amide bonds. The van der Waals surface area contributed by atoms with Crippen molar-refractivity contribution in [2.45, 2.75) is 38.8 Å². The SMILES string of the molecule is COc1cc(OC)c(F)c(C#Cc2nn([C@H]3CCN(C(=O)OC(C)(C)C)C3)c3c(Cl)cnc(N)c23)c1F. The van der Waals surface area contributed by atoms with Gasteiger partial charge in [0.1, 0.15) is 22.7 Å². The summed E-state index contributed by atoms with van der Waals surface area (Å²) >= 11 is 6.47. The van der Waals surface area contributed by atoms with Crippen LogP contribution in [0.1, 0.15) is 44.5 Å². The smallest absolute Gasteiger partial charge is 0.410 e. The lowest BCUT2D eigenvalue weighted by Crippen LogP contribution is -2.35. The molecular formula is C25H26ClF2N5O4. The molecule has 1 aromatic carbocycles. The number of amides is 1. The molecule has 2 aromatic heterocycles. The lowest BCUT2D eigenvalue weighted by Gasteiger charge is -2.24. The second kappa shape index (κ2) is 9.94. The number of hydrogen-bond donors (Lipinski definition) is 1. The van der Waals surface area contributed by atoms with Crippen molar-refractivity contribution in [3.63, 3.8) is 0 Å². The summed E-state index contributed by atoms with van der Waals surface area (Å²) in [6.45, 7) is 6.14. The fraction of sp³-hybridized carbons (Fsp3) is 0.400. The zero-order chi connectivity index (χ0) is 27.1. The van der Waals surface area contributed by atoms with Crippen LogP contribution in [0.4, 0.5) is 19.4 Å². The van der Waals surface area contributed by atoms with Crippen molar-refractivity contribution >= 4 is 34.4 Å². The van der Waals surface area contributed by atoms with E-state index in [1.54, 1.807) is 30.4 Å². The van der Waals surface area contributed by atoms with Crippen LogP contribution in [-0.4, -0.2) is 58.7 Å². The lowest BCUT2D eigenvalue weighted by atomic mass is 10.1. The van der Waals surface area contributed by atoms with E-state index in [1.165, 1.54) is 20.4 Å². The molecule has 37 heavy (non-hydrogen) atoms. The van der Waals surface area contributed by atoms with E-state index in [2.05, 4.69) is 21.9 Å². The first-order chi connectivity index (χ1) is 17.4. The van der Waals surface area contributed by atoms with E-state index in [1.807, 2.05) is 0 Å². The van der Waals surface area contributed by atoms with Gasteiger partial charge in [0.15, 0.2) is 23.1 Å². The molecule has 0 spiro atoms. The zero-order valence-corrected chi connectivity index (χ0v) is 21.7. The van der Waals surface area contributed by atoms with Gasteiger partial charge in [-0.25, -0.2) is 18.6 Å². The monoisotopic (exact) mass is 533 g/mol. The predicted octanol–water partition coefficient (Wildman–Crippen LogP) is 4.54. The molecule has 1 aliphatic rings. The summed E-state index contributed by atoms with van der Waals surface area (Å²) in [5.74, 6) is 2.89. The average molecular weight is 534 g/mol. The number of anilines is 1. The number of aromatic nitrogens is 3. The normalized spacial score (nSPS) is 15.5. The van der Waals surface area contributed by atoms with Gasteiger partial charge in [0.25, 0.3) is 0 Å². The van der Waals surface area contributed by atoms with Crippen LogP contribution in [0.3, 0.4) is 0 Å². The van der Waals surface area contributed by atoms with Gasteiger partial charge in [-0.2, -0.15) is 5.10 Å². The van der Waals surface area contributed by atoms with Crippen molar-refractivity contribution in [1.29, 1.82) is 0 Å². The highest BCUT2D eigenvalue weighted by atomic mass is 35.5. The Morgan fingerprint density at radius 1 is 1.19 bits per heavy atom. The number of fused-ring (bicyclic) bond motifs is 1. The summed E-state index contributed by atoms with van der Waals surface area (Å²) in [4.78, 5) is 18.2. The average Bonchev–Trinajstić information content (AvgIpc) is 3.46. The molecule has 12 heteroatoms. The number of carbonyl (C=O) groups excluding carboxylic acids is 1. The number of ether oxygens (including phenoxy) is 3. The van der Waals surface area contributed by atoms with Crippen LogP contribution in [0.25, 0.3) is 10.9 Å². The van der Waals surface area contributed by atoms with Crippen LogP contribution in [0.15, 0.2) is 12.3 Å². The number of methoxy groups -OCH3 is 2. The molecule has 196 valence electrons. The first-order valence-electron chi connectivity index (χ1n) is 11.4. The Hall–Kier alpha value is -3.78. The van der Waals surface area contributed by atoms with Crippen LogP contribution < -0.4 is 15.2 Å². The number of rotatable bonds is 3. The third kappa shape index (κ3) is 5.06. The summed E-state index contributed by atoms with van der Waals surface area (Å²) in [7, 11) is 2.50. The molecule has 0 aliphatic carbocycles. The maximum Gasteiger partial charge on any atom is 0.410 e. The van der Waals surface area contributed by atoms with E-state index < -0.39 is 28.9 Å². The summed E-state index contributed by atoms with van der Waals surface area (Å²) in [5.41, 5.74) is 5.54. The topological polar surface area (TPSA) is 105 Å². The third-order valence-corrected chi connectivity index (χ3v) is 6.03. The van der Waals surface area contributed by atoms with Gasteiger partial charge >= 0.3 is 6.09 Å². The first-order valence-corrected chi connectivity index (χ1v) is 11.7. The van der Waals surface area contributed by atoms with Gasteiger partial charge in [0.2, 0.25) is 0 Å². The second-order valence-corrected chi connectivity index (χ2v) is 9.82. The van der Waals surface area contributed by atoms with Crippen molar-refractivity contribution in [3.05, 3.63) is 40.2 Å². The number of nitrogen functional groups attached to an aromatic ring is 1. The Labute approximate surface area is 217 Å². The van der Waals surface area contributed by atoms with Gasteiger partial charge in [0.05, 0.1) is 42.4 Å². The van der Waals surface area contributed by atoms with Crippen LogP contribution in [0.2, 0.25) is 5.02 Å². The summed E-state index contributed by atoms with van der Waals surface area (Å²) in [6, 6.07) is 0.827. The second-order valence-electron chi connectivity index (χ2n) is 9.41. The van der Waals surface area contributed by atoms with E-state index >= 15 is 0 Å². The predicted molar refractivity (Wildman–Crippen MR) is 134 cm³/mol. The Balaban J connectivity index is 1.78. The molecule has 3 heterocycles. The number of hydrogen-bond acceptors (Lipinski definition) is 7. The van der Waals surface area contributed by atoms with Crippen molar-refractivity contribution in [2.24, 2.45) is 0 Å². The minimum atomic E-state index is -0.982. The number of halogens is 3. The van der Waals surface area contributed by atoms with Gasteiger partial charge in [-0.1, -0.05) is 17.5 Å². The molecular weight excluding hydrogens is 508 g/mol. The van der Waals surface area contributed by atoms with E-state index in [0.29, 0.717) is 30.4 Å². The molecule has 0 unspecified atom stereocenters. The molecule has 0 saturated carbocycles. The molecule has 0 bridgehead atoms. The van der Waals surface area contributed by atoms with Gasteiger partial charge in [-0.3, -0.25) is 4.68 Å². The molecule has 2 N–H and O–H groups in total. The fourth-order valence-electron chi connectivity index (χ4n) is 4.06. The summed E-state index contributed by atoms with van der Waals surface area (Å²) in [6.07, 6.45) is 1.52. The Bertz CT molecular complexity index is 1410. The standard InChI is InChI=1S/C25H26ClF2N5O4/c1-25(2,3)37-24(34)32-9-8-13(12-32)33-22-15(26)11-30-23(29)19(22)16(31-33)7-6-14-20(27)17(35-4)10-18(36-5)21(14)28/h10-11,13H,8-9,12H2,1-5H3,(H2,29,30)/t13-/m0/s1. The molecule has 1 saturated heterocycles. The van der Waals surface area contributed by atoms with Crippen molar-refractivity contribution < 1.29 is 27.8 Å². The molecule has 3 aromatic rings. The van der Waals surface area contributed by atoms with E-state index in [9.17, 15) is 13.6 Å². The van der Waals surface area contributed by atoms with Gasteiger partial charge in [0, 0.05) is 19.2 Å². The van der Waals surface area contributed by atoms with Gasteiger partial charge < -0.3 is 24.8 Å². The fourth-order valence-corrected chi connectivity index (χ4v) is 4.29. The largest absolute Gasteiger partial charge is 0.493 e. The third-order valence-electron chi connectivity index (χ3n) is 5.75. The highest BCUT2D eigenvalue weighted by Gasteiger charge is 2.33. The van der Waals surface area contributed by atoms with Crippen LogP contribution >= 0.6 is 11.6 Å². The van der Waals surface area contributed by atoms with Crippen LogP contribution in [0, 0.1) is 23.5 Å². The minimum absolute atomic E-state index is 0.0983. The number of benzene rings is 1. The Kier molecular flexibility index (Phi) is 7.06. The van der Waals surface area contributed by atoms with Gasteiger partial charge in [-0.15, -0.1) is 0 Å². The first kappa shape index (κ1) is 26.3.